The number of amides is 1. The van der Waals surface area contributed by atoms with Crippen LogP contribution in [0.5, 0.6) is 5.75 Å². The lowest BCUT2D eigenvalue weighted by Crippen LogP contribution is -2.45. The van der Waals surface area contributed by atoms with E-state index in [-0.39, 0.29) is 5.91 Å². The highest BCUT2D eigenvalue weighted by Crippen LogP contribution is 2.26. The summed E-state index contributed by atoms with van der Waals surface area (Å²) in [5, 5.41) is 0. The largest absolute Gasteiger partial charge is 0.493 e. The van der Waals surface area contributed by atoms with E-state index in [0.717, 1.165) is 56.5 Å². The van der Waals surface area contributed by atoms with Gasteiger partial charge in [-0.1, -0.05) is 25.5 Å². The molecule has 0 bridgehead atoms. The first-order chi connectivity index (χ1) is 12.8. The monoisotopic (exact) mass is 358 g/mol. The average molecular weight is 359 g/mol. The van der Waals surface area contributed by atoms with Gasteiger partial charge >= 0.3 is 0 Å². The van der Waals surface area contributed by atoms with E-state index < -0.39 is 0 Å². The molecule has 26 heavy (non-hydrogen) atoms. The molecule has 4 heteroatoms. The standard InChI is InChI=1S/C22H34N2O2/c1-2-3-18-26-21-12-5-4-11-20(21)22(25)24-16-7-6-10-19(24)13-17-23-14-8-9-15-23/h4-5,11-12,19H,2-3,6-10,13-18H2,1H3/t19-/m1/s1. The minimum absolute atomic E-state index is 0.156. The highest BCUT2D eigenvalue weighted by molar-refractivity contribution is 5.97. The second kappa shape index (κ2) is 9.96. The minimum atomic E-state index is 0.156. The zero-order valence-electron chi connectivity index (χ0n) is 16.3. The molecule has 1 aromatic carbocycles. The van der Waals surface area contributed by atoms with Crippen molar-refractivity contribution in [2.75, 3.05) is 32.8 Å². The molecule has 2 fully saturated rings. The summed E-state index contributed by atoms with van der Waals surface area (Å²) in [6, 6.07) is 8.14. The van der Waals surface area contributed by atoms with Crippen LogP contribution in [-0.4, -0.2) is 54.5 Å². The fraction of sp³-hybridized carbons (Fsp3) is 0.682. The molecule has 2 aliphatic rings. The summed E-state index contributed by atoms with van der Waals surface area (Å²) in [5.74, 6) is 0.901. The molecule has 0 radical (unpaired) electrons. The number of ether oxygens (including phenoxy) is 1. The zero-order valence-corrected chi connectivity index (χ0v) is 16.3. The highest BCUT2D eigenvalue weighted by Gasteiger charge is 2.29. The first-order valence-corrected chi connectivity index (χ1v) is 10.5. The number of carbonyl (C=O) groups is 1. The first-order valence-electron chi connectivity index (χ1n) is 10.5. The minimum Gasteiger partial charge on any atom is -0.493 e. The third-order valence-electron chi connectivity index (χ3n) is 5.74. The molecule has 2 saturated heterocycles. The predicted octanol–water partition coefficient (Wildman–Crippen LogP) is 4.35. The number of rotatable bonds is 8. The molecular formula is C22H34N2O2. The number of para-hydroxylation sites is 1. The maximum atomic E-state index is 13.3. The van der Waals surface area contributed by atoms with Crippen LogP contribution in [0.2, 0.25) is 0 Å². The summed E-state index contributed by atoms with van der Waals surface area (Å²) in [6.45, 7) is 7.30. The molecule has 1 atom stereocenters. The van der Waals surface area contributed by atoms with Crippen LogP contribution in [0.3, 0.4) is 0 Å². The van der Waals surface area contributed by atoms with E-state index in [1.807, 2.05) is 24.3 Å². The Kier molecular flexibility index (Phi) is 7.36. The van der Waals surface area contributed by atoms with Gasteiger partial charge < -0.3 is 14.5 Å². The molecule has 0 aromatic heterocycles. The maximum Gasteiger partial charge on any atom is 0.257 e. The Labute approximate surface area is 158 Å². The Morgan fingerprint density at radius 1 is 1.12 bits per heavy atom. The van der Waals surface area contributed by atoms with E-state index in [2.05, 4.69) is 16.7 Å². The number of hydrogen-bond donors (Lipinski definition) is 0. The van der Waals surface area contributed by atoms with Crippen molar-refractivity contribution in [1.82, 2.24) is 9.80 Å². The Bertz CT molecular complexity index is 569. The lowest BCUT2D eigenvalue weighted by molar-refractivity contribution is 0.0583. The lowest BCUT2D eigenvalue weighted by Gasteiger charge is -2.37. The smallest absolute Gasteiger partial charge is 0.257 e. The number of likely N-dealkylation sites (tertiary alicyclic amines) is 2. The lowest BCUT2D eigenvalue weighted by atomic mass is 9.97. The van der Waals surface area contributed by atoms with Crippen molar-refractivity contribution in [3.63, 3.8) is 0 Å². The number of hydrogen-bond acceptors (Lipinski definition) is 3. The number of benzene rings is 1. The van der Waals surface area contributed by atoms with Crippen molar-refractivity contribution in [2.45, 2.75) is 64.3 Å². The molecule has 0 saturated carbocycles. The Morgan fingerprint density at radius 3 is 2.69 bits per heavy atom. The average Bonchev–Trinajstić information content (AvgIpc) is 3.20. The van der Waals surface area contributed by atoms with Crippen molar-refractivity contribution in [3.8, 4) is 5.75 Å². The number of nitrogens with zero attached hydrogens (tertiary/aromatic N) is 2. The molecule has 0 unspecified atom stereocenters. The van der Waals surface area contributed by atoms with Gasteiger partial charge in [-0.25, -0.2) is 0 Å². The number of unbranched alkanes of at least 4 members (excludes halogenated alkanes) is 1. The molecule has 2 aliphatic heterocycles. The van der Waals surface area contributed by atoms with Gasteiger partial charge in [0.05, 0.1) is 12.2 Å². The van der Waals surface area contributed by atoms with Gasteiger partial charge in [0.1, 0.15) is 5.75 Å². The molecule has 3 rings (SSSR count). The third-order valence-corrected chi connectivity index (χ3v) is 5.74. The summed E-state index contributed by atoms with van der Waals surface area (Å²) in [5.41, 5.74) is 0.733. The second-order valence-electron chi connectivity index (χ2n) is 7.68. The van der Waals surface area contributed by atoms with Gasteiger partial charge in [-0.2, -0.15) is 0 Å². The van der Waals surface area contributed by atoms with E-state index in [4.69, 9.17) is 4.74 Å². The topological polar surface area (TPSA) is 32.8 Å². The van der Waals surface area contributed by atoms with Crippen LogP contribution in [0.15, 0.2) is 24.3 Å². The second-order valence-corrected chi connectivity index (χ2v) is 7.68. The molecule has 0 spiro atoms. The van der Waals surface area contributed by atoms with Crippen LogP contribution in [0.25, 0.3) is 0 Å². The van der Waals surface area contributed by atoms with Crippen molar-refractivity contribution in [3.05, 3.63) is 29.8 Å². The highest BCUT2D eigenvalue weighted by atomic mass is 16.5. The van der Waals surface area contributed by atoms with E-state index >= 15 is 0 Å². The molecule has 4 nitrogen and oxygen atoms in total. The van der Waals surface area contributed by atoms with Crippen molar-refractivity contribution < 1.29 is 9.53 Å². The molecule has 0 N–H and O–H groups in total. The molecule has 2 heterocycles. The first kappa shape index (κ1) is 19.2. The summed E-state index contributed by atoms with van der Waals surface area (Å²) in [6.07, 6.45) is 9.37. The van der Waals surface area contributed by atoms with Crippen LogP contribution < -0.4 is 4.74 Å². The van der Waals surface area contributed by atoms with Gasteiger partial charge in [0.2, 0.25) is 0 Å². The van der Waals surface area contributed by atoms with Gasteiger partial charge in [0.15, 0.2) is 0 Å². The van der Waals surface area contributed by atoms with Gasteiger partial charge in [-0.15, -0.1) is 0 Å². The van der Waals surface area contributed by atoms with Gasteiger partial charge in [-0.05, 0) is 70.2 Å². The van der Waals surface area contributed by atoms with E-state index in [9.17, 15) is 4.79 Å². The number of carbonyl (C=O) groups excluding carboxylic acids is 1. The molecule has 1 aromatic rings. The predicted molar refractivity (Wildman–Crippen MR) is 106 cm³/mol. The van der Waals surface area contributed by atoms with Gasteiger partial charge in [-0.3, -0.25) is 4.79 Å². The van der Waals surface area contributed by atoms with E-state index in [0.29, 0.717) is 12.6 Å². The number of piperidine rings is 1. The fourth-order valence-corrected chi connectivity index (χ4v) is 4.16. The summed E-state index contributed by atoms with van der Waals surface area (Å²) in [7, 11) is 0. The van der Waals surface area contributed by atoms with Crippen LogP contribution in [0, 0.1) is 0 Å². The van der Waals surface area contributed by atoms with Crippen LogP contribution in [0.4, 0.5) is 0 Å². The van der Waals surface area contributed by atoms with Gasteiger partial charge in [0.25, 0.3) is 5.91 Å². The van der Waals surface area contributed by atoms with Crippen molar-refractivity contribution in [2.24, 2.45) is 0 Å². The van der Waals surface area contributed by atoms with E-state index in [1.165, 1.54) is 32.4 Å². The third kappa shape index (κ3) is 5.00. The molecule has 0 aliphatic carbocycles. The van der Waals surface area contributed by atoms with Gasteiger partial charge in [0, 0.05) is 19.1 Å². The quantitative estimate of drug-likeness (QED) is 0.648. The molecule has 144 valence electrons. The van der Waals surface area contributed by atoms with Crippen LogP contribution >= 0.6 is 0 Å². The van der Waals surface area contributed by atoms with Crippen molar-refractivity contribution >= 4 is 5.91 Å². The molecular weight excluding hydrogens is 324 g/mol. The van der Waals surface area contributed by atoms with E-state index in [1.54, 1.807) is 0 Å². The maximum absolute atomic E-state index is 13.3. The summed E-state index contributed by atoms with van der Waals surface area (Å²) in [4.78, 5) is 18.0. The fourth-order valence-electron chi connectivity index (χ4n) is 4.16. The van der Waals surface area contributed by atoms with Crippen LogP contribution in [-0.2, 0) is 0 Å². The molecule has 1 amide bonds. The summed E-state index contributed by atoms with van der Waals surface area (Å²) < 4.78 is 5.91. The Hall–Kier alpha value is -1.55. The Morgan fingerprint density at radius 2 is 1.88 bits per heavy atom. The SMILES string of the molecule is CCCCOc1ccccc1C(=O)N1CCCC[C@@H]1CCN1CCCC1. The summed E-state index contributed by atoms with van der Waals surface area (Å²) >= 11 is 0. The zero-order chi connectivity index (χ0) is 18.2. The van der Waals surface area contributed by atoms with Crippen molar-refractivity contribution in [1.29, 1.82) is 0 Å². The van der Waals surface area contributed by atoms with Crippen LogP contribution in [0.1, 0.15) is 68.6 Å². The normalized spacial score (nSPS) is 21.1. The Balaban J connectivity index is 1.65.